The van der Waals surface area contributed by atoms with Crippen LogP contribution in [0.25, 0.3) is 11.1 Å². The van der Waals surface area contributed by atoms with E-state index in [0.29, 0.717) is 0 Å². The third-order valence-electron chi connectivity index (χ3n) is 7.55. The van der Waals surface area contributed by atoms with Crippen molar-refractivity contribution in [3.8, 4) is 0 Å². The SMILES string of the molecule is C=C(C(=C)c1ccccc1)c1ccccc1.CCC(C)P(=NC1=CC=CC1)(C(C)CC)C(C)CC.[Ti]. The van der Waals surface area contributed by atoms with E-state index in [4.69, 9.17) is 4.74 Å². The molecular formula is C33H46NPTi. The summed E-state index contributed by atoms with van der Waals surface area (Å²) >= 11 is 0. The molecule has 0 saturated carbocycles. The van der Waals surface area contributed by atoms with E-state index in [-0.39, 0.29) is 21.7 Å². The summed E-state index contributed by atoms with van der Waals surface area (Å²) in [5.74, 6) is 0. The molecule has 2 aromatic rings. The zero-order chi connectivity index (χ0) is 25.8. The average Bonchev–Trinajstić information content (AvgIpc) is 3.44. The molecule has 2 aromatic carbocycles. The molecule has 3 unspecified atom stereocenters. The standard InChI is InChI=1S/C17H32NP.C16H14.Ti/c1-7-14(4)19(15(5)8-2,16(6)9-3)18-17-12-10-11-13-17;1-13(15-9-5-3-6-10-15)14(2)16-11-7-4-8-12-16;/h10-12,14-16H,7-9,13H2,1-6H3;3-12H,1-2H2;. The first-order chi connectivity index (χ1) is 16.8. The Morgan fingerprint density at radius 2 is 1.14 bits per heavy atom. The van der Waals surface area contributed by atoms with Crippen LogP contribution in [-0.2, 0) is 21.7 Å². The molecule has 0 N–H and O–H groups in total. The molecule has 1 aliphatic carbocycles. The van der Waals surface area contributed by atoms with Crippen LogP contribution in [0.1, 0.15) is 78.4 Å². The fraction of sp³-hybridized carbons (Fsp3) is 0.394. The van der Waals surface area contributed by atoms with Gasteiger partial charge in [-0.15, -0.1) is 0 Å². The number of allylic oxidation sites excluding steroid dienone is 5. The Morgan fingerprint density at radius 1 is 0.750 bits per heavy atom. The van der Waals surface area contributed by atoms with Gasteiger partial charge in [0.1, 0.15) is 0 Å². The molecule has 0 aliphatic heterocycles. The maximum Gasteiger partial charge on any atom is 0.0425 e. The van der Waals surface area contributed by atoms with Crippen molar-refractivity contribution in [2.75, 3.05) is 0 Å². The number of nitrogens with zero attached hydrogens (tertiary/aromatic N) is 1. The van der Waals surface area contributed by atoms with Crippen LogP contribution < -0.4 is 0 Å². The van der Waals surface area contributed by atoms with Crippen molar-refractivity contribution in [2.45, 2.75) is 84.2 Å². The van der Waals surface area contributed by atoms with Gasteiger partial charge in [0.05, 0.1) is 0 Å². The summed E-state index contributed by atoms with van der Waals surface area (Å²) < 4.78 is 5.43. The van der Waals surface area contributed by atoms with Crippen molar-refractivity contribution in [1.29, 1.82) is 0 Å². The summed E-state index contributed by atoms with van der Waals surface area (Å²) in [6.45, 7) is 22.5. The Balaban J connectivity index is 0.000000354. The van der Waals surface area contributed by atoms with Gasteiger partial charge in [-0.3, -0.25) is 4.74 Å². The van der Waals surface area contributed by atoms with Crippen LogP contribution in [0, 0.1) is 0 Å². The van der Waals surface area contributed by atoms with Gasteiger partial charge in [0.15, 0.2) is 0 Å². The summed E-state index contributed by atoms with van der Waals surface area (Å²) in [5, 5.41) is 0. The quantitative estimate of drug-likeness (QED) is 0.163. The number of hydrogen-bond donors (Lipinski definition) is 0. The van der Waals surface area contributed by atoms with Crippen molar-refractivity contribution in [3.05, 3.63) is 109 Å². The minimum absolute atomic E-state index is 0. The van der Waals surface area contributed by atoms with E-state index in [9.17, 15) is 0 Å². The molecule has 0 amide bonds. The van der Waals surface area contributed by atoms with Crippen molar-refractivity contribution >= 4 is 18.2 Å². The van der Waals surface area contributed by atoms with E-state index in [1.807, 2.05) is 36.4 Å². The van der Waals surface area contributed by atoms with Crippen molar-refractivity contribution < 1.29 is 21.7 Å². The summed E-state index contributed by atoms with van der Waals surface area (Å²) in [7, 11) is -1.30. The second-order valence-electron chi connectivity index (χ2n) is 9.64. The maximum atomic E-state index is 5.43. The van der Waals surface area contributed by atoms with E-state index in [1.165, 1.54) is 25.0 Å². The molecule has 0 saturated heterocycles. The van der Waals surface area contributed by atoms with Crippen molar-refractivity contribution in [2.24, 2.45) is 4.74 Å². The molecule has 1 aliphatic rings. The number of rotatable bonds is 10. The average molecular weight is 536 g/mol. The Morgan fingerprint density at radius 3 is 1.44 bits per heavy atom. The fourth-order valence-corrected chi connectivity index (χ4v) is 10.4. The zero-order valence-electron chi connectivity index (χ0n) is 23.4. The normalized spacial score (nSPS) is 16.2. The predicted molar refractivity (Wildman–Crippen MR) is 161 cm³/mol. The molecule has 192 valence electrons. The van der Waals surface area contributed by atoms with E-state index < -0.39 is 7.05 Å². The minimum atomic E-state index is -1.30. The number of benzene rings is 2. The van der Waals surface area contributed by atoms with Crippen molar-refractivity contribution in [3.63, 3.8) is 0 Å². The van der Waals surface area contributed by atoms with Crippen molar-refractivity contribution in [1.82, 2.24) is 0 Å². The molecule has 0 radical (unpaired) electrons. The number of hydrogen-bond acceptors (Lipinski definition) is 1. The van der Waals surface area contributed by atoms with Crippen LogP contribution in [0.4, 0.5) is 0 Å². The molecule has 0 fully saturated rings. The van der Waals surface area contributed by atoms with Gasteiger partial charge in [-0.05, 0) is 71.6 Å². The third kappa shape index (κ3) is 8.18. The van der Waals surface area contributed by atoms with E-state index in [2.05, 4.69) is 97.2 Å². The molecule has 3 heteroatoms. The molecule has 0 aromatic heterocycles. The fourth-order valence-electron chi connectivity index (χ4n) is 4.84. The van der Waals surface area contributed by atoms with Gasteiger partial charge in [-0.2, -0.15) is 0 Å². The van der Waals surface area contributed by atoms with Crippen LogP contribution in [0.5, 0.6) is 0 Å². The van der Waals surface area contributed by atoms with E-state index >= 15 is 0 Å². The summed E-state index contributed by atoms with van der Waals surface area (Å²) in [6.07, 6.45) is 11.4. The Labute approximate surface area is 236 Å². The first-order valence-corrected chi connectivity index (χ1v) is 15.2. The largest absolute Gasteiger partial charge is 0.271 e. The zero-order valence-corrected chi connectivity index (χ0v) is 25.8. The Bertz CT molecular complexity index is 983. The predicted octanol–water partition coefficient (Wildman–Crippen LogP) is 10.8. The minimum Gasteiger partial charge on any atom is -0.271 e. The van der Waals surface area contributed by atoms with Gasteiger partial charge in [0, 0.05) is 33.8 Å². The van der Waals surface area contributed by atoms with E-state index in [1.54, 1.807) is 0 Å². The second kappa shape index (κ2) is 16.2. The molecule has 3 rings (SSSR count). The monoisotopic (exact) mass is 535 g/mol. The molecule has 3 atom stereocenters. The Hall–Kier alpha value is -1.66. The first kappa shape index (κ1) is 32.4. The molecular weight excluding hydrogens is 489 g/mol. The molecule has 36 heavy (non-hydrogen) atoms. The van der Waals surface area contributed by atoms with Crippen LogP contribution in [0.2, 0.25) is 0 Å². The van der Waals surface area contributed by atoms with Crippen LogP contribution in [-0.4, -0.2) is 17.0 Å². The summed E-state index contributed by atoms with van der Waals surface area (Å²) in [6, 6.07) is 20.3. The van der Waals surface area contributed by atoms with Crippen LogP contribution >= 0.6 is 7.05 Å². The van der Waals surface area contributed by atoms with Gasteiger partial charge in [-0.1, -0.05) is 128 Å². The van der Waals surface area contributed by atoms with Crippen LogP contribution in [0.15, 0.2) is 102 Å². The summed E-state index contributed by atoms with van der Waals surface area (Å²) in [5.41, 5.74) is 7.78. The van der Waals surface area contributed by atoms with Gasteiger partial charge in [0.2, 0.25) is 0 Å². The van der Waals surface area contributed by atoms with Gasteiger partial charge >= 0.3 is 0 Å². The molecule has 1 nitrogen and oxygen atoms in total. The van der Waals surface area contributed by atoms with E-state index in [0.717, 1.165) is 45.7 Å². The maximum absolute atomic E-state index is 5.43. The van der Waals surface area contributed by atoms with Gasteiger partial charge < -0.3 is 0 Å². The second-order valence-corrected chi connectivity index (χ2v) is 14.1. The molecule has 0 heterocycles. The topological polar surface area (TPSA) is 12.4 Å². The molecule has 0 spiro atoms. The van der Waals surface area contributed by atoms with Gasteiger partial charge in [0.25, 0.3) is 0 Å². The summed E-state index contributed by atoms with van der Waals surface area (Å²) in [4.78, 5) is 0. The van der Waals surface area contributed by atoms with Crippen LogP contribution in [0.3, 0.4) is 0 Å². The third-order valence-corrected chi connectivity index (χ3v) is 13.5. The Kier molecular flexibility index (Phi) is 14.6. The first-order valence-electron chi connectivity index (χ1n) is 13.3. The van der Waals surface area contributed by atoms with Gasteiger partial charge in [-0.25, -0.2) is 0 Å². The molecule has 0 bridgehead atoms. The smallest absolute Gasteiger partial charge is 0.0425 e.